The highest BCUT2D eigenvalue weighted by atomic mass is 35.5. The van der Waals surface area contributed by atoms with Gasteiger partial charge in [0, 0.05) is 43.2 Å². The third-order valence-corrected chi connectivity index (χ3v) is 3.80. The number of nitrogens with one attached hydrogen (secondary N) is 1. The molecular weight excluding hydrogens is 264 g/mol. The highest BCUT2D eigenvalue weighted by Crippen LogP contribution is 2.22. The average Bonchev–Trinajstić information content (AvgIpc) is 2.40. The summed E-state index contributed by atoms with van der Waals surface area (Å²) in [5.74, 6) is 0.406. The Morgan fingerprint density at radius 2 is 2.16 bits per heavy atom. The summed E-state index contributed by atoms with van der Waals surface area (Å²) in [5, 5.41) is 13.8. The number of nitrogens with zero attached hydrogens (tertiary/aromatic N) is 1. The van der Waals surface area contributed by atoms with Gasteiger partial charge in [0.15, 0.2) is 0 Å². The number of amides is 1. The third kappa shape index (κ3) is 3.85. The van der Waals surface area contributed by atoms with Crippen molar-refractivity contribution in [1.82, 2.24) is 10.2 Å². The second kappa shape index (κ2) is 6.26. The van der Waals surface area contributed by atoms with Crippen LogP contribution in [-0.2, 0) is 11.3 Å². The molecule has 4 nitrogen and oxygen atoms in total. The summed E-state index contributed by atoms with van der Waals surface area (Å²) in [6.07, 6.45) is 1.89. The largest absolute Gasteiger partial charge is 0.508 e. The Morgan fingerprint density at radius 3 is 2.79 bits per heavy atom. The second-order valence-electron chi connectivity index (χ2n) is 4.93. The summed E-state index contributed by atoms with van der Waals surface area (Å²) in [6.45, 7) is 3.80. The van der Waals surface area contributed by atoms with Crippen molar-refractivity contribution in [3.63, 3.8) is 0 Å². The summed E-state index contributed by atoms with van der Waals surface area (Å²) >= 11 is 5.91. The fourth-order valence-corrected chi connectivity index (χ4v) is 2.54. The second-order valence-corrected chi connectivity index (χ2v) is 5.37. The van der Waals surface area contributed by atoms with Gasteiger partial charge in [-0.3, -0.25) is 4.79 Å². The number of likely N-dealkylation sites (tertiary alicyclic amines) is 1. The maximum Gasteiger partial charge on any atom is 0.219 e. The van der Waals surface area contributed by atoms with Gasteiger partial charge >= 0.3 is 0 Å². The van der Waals surface area contributed by atoms with Crippen molar-refractivity contribution in [3.8, 4) is 5.75 Å². The number of halogens is 1. The molecule has 0 aromatic heterocycles. The van der Waals surface area contributed by atoms with E-state index in [1.165, 1.54) is 0 Å². The van der Waals surface area contributed by atoms with Gasteiger partial charge in [-0.25, -0.2) is 0 Å². The topological polar surface area (TPSA) is 52.6 Å². The lowest BCUT2D eigenvalue weighted by Gasteiger charge is -2.31. The summed E-state index contributed by atoms with van der Waals surface area (Å²) < 4.78 is 0. The van der Waals surface area contributed by atoms with E-state index in [4.69, 9.17) is 11.6 Å². The predicted molar refractivity (Wildman–Crippen MR) is 75.2 cm³/mol. The fourth-order valence-electron chi connectivity index (χ4n) is 2.35. The van der Waals surface area contributed by atoms with E-state index in [9.17, 15) is 9.90 Å². The molecule has 19 heavy (non-hydrogen) atoms. The smallest absolute Gasteiger partial charge is 0.219 e. The van der Waals surface area contributed by atoms with Crippen LogP contribution in [0.25, 0.3) is 0 Å². The van der Waals surface area contributed by atoms with Gasteiger partial charge in [-0.2, -0.15) is 0 Å². The monoisotopic (exact) mass is 282 g/mol. The highest BCUT2D eigenvalue weighted by Gasteiger charge is 2.20. The van der Waals surface area contributed by atoms with Gasteiger partial charge in [0.1, 0.15) is 5.75 Å². The van der Waals surface area contributed by atoms with Gasteiger partial charge in [-0.15, -0.1) is 0 Å². The van der Waals surface area contributed by atoms with Crippen LogP contribution in [0.4, 0.5) is 0 Å². The van der Waals surface area contributed by atoms with Crippen LogP contribution in [0.5, 0.6) is 5.75 Å². The number of rotatable bonds is 3. The van der Waals surface area contributed by atoms with Crippen LogP contribution in [0.15, 0.2) is 18.2 Å². The van der Waals surface area contributed by atoms with Crippen molar-refractivity contribution in [2.75, 3.05) is 13.1 Å². The molecule has 104 valence electrons. The standard InChI is InChI=1S/C14H19ClN2O2/c1-10(18)17-6-4-13(5-7-17)16-9-11-8-12(15)2-3-14(11)19/h2-3,8,13,16,19H,4-7,9H2,1H3. The van der Waals surface area contributed by atoms with Crippen LogP contribution in [-0.4, -0.2) is 35.0 Å². The quantitative estimate of drug-likeness (QED) is 0.893. The Bertz CT molecular complexity index is 457. The molecule has 0 aliphatic carbocycles. The highest BCUT2D eigenvalue weighted by molar-refractivity contribution is 6.30. The summed E-state index contributed by atoms with van der Waals surface area (Å²) in [6, 6.07) is 5.44. The van der Waals surface area contributed by atoms with Crippen molar-refractivity contribution < 1.29 is 9.90 Å². The maximum absolute atomic E-state index is 11.2. The Balaban J connectivity index is 1.83. The number of hydrogen-bond acceptors (Lipinski definition) is 3. The molecule has 1 heterocycles. The number of phenols is 1. The van der Waals surface area contributed by atoms with Crippen molar-refractivity contribution in [2.45, 2.75) is 32.4 Å². The molecule has 0 unspecified atom stereocenters. The van der Waals surface area contributed by atoms with E-state index in [-0.39, 0.29) is 11.7 Å². The number of aromatic hydroxyl groups is 1. The normalized spacial score (nSPS) is 16.6. The first kappa shape index (κ1) is 14.2. The summed E-state index contributed by atoms with van der Waals surface area (Å²) in [7, 11) is 0. The van der Waals surface area contributed by atoms with Crippen molar-refractivity contribution >= 4 is 17.5 Å². The molecule has 1 saturated heterocycles. The maximum atomic E-state index is 11.2. The lowest BCUT2D eigenvalue weighted by Crippen LogP contribution is -2.43. The number of piperidine rings is 1. The molecule has 1 aromatic carbocycles. The minimum absolute atomic E-state index is 0.144. The van der Waals surface area contributed by atoms with Gasteiger partial charge in [0.2, 0.25) is 5.91 Å². The molecule has 0 bridgehead atoms. The van der Waals surface area contributed by atoms with E-state index >= 15 is 0 Å². The molecule has 1 amide bonds. The van der Waals surface area contributed by atoms with Crippen molar-refractivity contribution in [1.29, 1.82) is 0 Å². The minimum atomic E-state index is 0.144. The zero-order valence-electron chi connectivity index (χ0n) is 11.0. The molecule has 1 aliphatic rings. The van der Waals surface area contributed by atoms with Gasteiger partial charge in [-0.05, 0) is 31.0 Å². The third-order valence-electron chi connectivity index (χ3n) is 3.56. The predicted octanol–water partition coefficient (Wildman–Crippen LogP) is 2.15. The van der Waals surface area contributed by atoms with E-state index in [1.807, 2.05) is 4.90 Å². The molecule has 0 radical (unpaired) electrons. The van der Waals surface area contributed by atoms with E-state index < -0.39 is 0 Å². The Labute approximate surface area is 118 Å². The van der Waals surface area contributed by atoms with Crippen LogP contribution >= 0.6 is 11.6 Å². The first-order valence-corrected chi connectivity index (χ1v) is 6.90. The molecule has 0 spiro atoms. The number of benzene rings is 1. The zero-order valence-corrected chi connectivity index (χ0v) is 11.8. The molecule has 0 saturated carbocycles. The van der Waals surface area contributed by atoms with Crippen molar-refractivity contribution in [3.05, 3.63) is 28.8 Å². The lowest BCUT2D eigenvalue weighted by molar-refractivity contribution is -0.129. The fraction of sp³-hybridized carbons (Fsp3) is 0.500. The summed E-state index contributed by atoms with van der Waals surface area (Å²) in [5.41, 5.74) is 0.807. The summed E-state index contributed by atoms with van der Waals surface area (Å²) in [4.78, 5) is 13.1. The average molecular weight is 283 g/mol. The van der Waals surface area contributed by atoms with Crippen LogP contribution in [0.2, 0.25) is 5.02 Å². The number of carbonyl (C=O) groups excluding carboxylic acids is 1. The van der Waals surface area contributed by atoms with Gasteiger partial charge in [-0.1, -0.05) is 11.6 Å². The van der Waals surface area contributed by atoms with Crippen LogP contribution in [0.3, 0.4) is 0 Å². The number of carbonyl (C=O) groups is 1. The van der Waals surface area contributed by atoms with Crippen LogP contribution < -0.4 is 5.32 Å². The van der Waals surface area contributed by atoms with Crippen molar-refractivity contribution in [2.24, 2.45) is 0 Å². The number of phenolic OH excluding ortho intramolecular Hbond substituents is 1. The van der Waals surface area contributed by atoms with Gasteiger partial charge < -0.3 is 15.3 Å². The molecular formula is C14H19ClN2O2. The van der Waals surface area contributed by atoms with Gasteiger partial charge in [0.05, 0.1) is 0 Å². The van der Waals surface area contributed by atoms with E-state index in [2.05, 4.69) is 5.32 Å². The van der Waals surface area contributed by atoms with E-state index in [0.29, 0.717) is 17.6 Å². The minimum Gasteiger partial charge on any atom is -0.508 e. The molecule has 1 aromatic rings. The molecule has 1 aliphatic heterocycles. The van der Waals surface area contributed by atoms with Crippen LogP contribution in [0, 0.1) is 0 Å². The zero-order chi connectivity index (χ0) is 13.8. The number of hydrogen-bond donors (Lipinski definition) is 2. The molecule has 1 fully saturated rings. The lowest BCUT2D eigenvalue weighted by atomic mass is 10.0. The SMILES string of the molecule is CC(=O)N1CCC(NCc2cc(Cl)ccc2O)CC1. The van der Waals surface area contributed by atoms with Gasteiger partial charge in [0.25, 0.3) is 0 Å². The first-order valence-electron chi connectivity index (χ1n) is 6.52. The van der Waals surface area contributed by atoms with Crippen LogP contribution in [0.1, 0.15) is 25.3 Å². The Hall–Kier alpha value is -1.26. The van der Waals surface area contributed by atoms with E-state index in [1.54, 1.807) is 25.1 Å². The molecule has 2 rings (SSSR count). The Morgan fingerprint density at radius 1 is 1.47 bits per heavy atom. The molecule has 5 heteroatoms. The van der Waals surface area contributed by atoms with E-state index in [0.717, 1.165) is 31.5 Å². The molecule has 0 atom stereocenters. The first-order chi connectivity index (χ1) is 9.06. The molecule has 2 N–H and O–H groups in total. The Kier molecular flexibility index (Phi) is 4.66.